The average molecular weight is 292 g/mol. The molecule has 0 aliphatic carbocycles. The number of carbonyl (C=O) groups is 2. The molecule has 0 aliphatic rings. The molecule has 1 atom stereocenters. The highest BCUT2D eigenvalue weighted by atomic mass is 16.3. The number of benzene rings is 1. The average Bonchev–Trinajstić information content (AvgIpc) is 2.46. The standard InChI is InChI=1S/C16H24N2O3/c1-4-17-14(9-12-5-7-13(19)8-6-12)16(21)18-10-15(20)11(2)3/h5-8,11,14,17,19H,4,9-10H2,1-3H3,(H,18,21)/t14-/m0/s1. The smallest absolute Gasteiger partial charge is 0.237 e. The number of rotatable bonds is 8. The number of nitrogens with one attached hydrogen (secondary N) is 2. The summed E-state index contributed by atoms with van der Waals surface area (Å²) in [6.45, 7) is 6.28. The van der Waals surface area contributed by atoms with Crippen molar-refractivity contribution in [3.63, 3.8) is 0 Å². The maximum Gasteiger partial charge on any atom is 0.237 e. The summed E-state index contributed by atoms with van der Waals surface area (Å²) in [7, 11) is 0. The van der Waals surface area contributed by atoms with E-state index in [2.05, 4.69) is 10.6 Å². The Morgan fingerprint density at radius 2 is 1.81 bits per heavy atom. The van der Waals surface area contributed by atoms with Crippen LogP contribution in [0, 0.1) is 5.92 Å². The molecule has 1 amide bonds. The summed E-state index contributed by atoms with van der Waals surface area (Å²) in [5.41, 5.74) is 0.948. The van der Waals surface area contributed by atoms with Gasteiger partial charge in [0, 0.05) is 5.92 Å². The Hall–Kier alpha value is -1.88. The van der Waals surface area contributed by atoms with Crippen molar-refractivity contribution in [2.75, 3.05) is 13.1 Å². The Balaban J connectivity index is 2.61. The number of phenolic OH excluding ortho intramolecular Hbond substituents is 1. The third kappa shape index (κ3) is 5.95. The number of likely N-dealkylation sites (N-methyl/N-ethyl adjacent to an activating group) is 1. The van der Waals surface area contributed by atoms with E-state index < -0.39 is 0 Å². The topological polar surface area (TPSA) is 78.4 Å². The molecule has 0 unspecified atom stereocenters. The second-order valence-electron chi connectivity index (χ2n) is 5.32. The predicted molar refractivity (Wildman–Crippen MR) is 82.1 cm³/mol. The lowest BCUT2D eigenvalue weighted by Crippen LogP contribution is -2.47. The van der Waals surface area contributed by atoms with Gasteiger partial charge in [-0.05, 0) is 30.7 Å². The molecule has 0 aliphatic heterocycles. The number of ketones is 1. The Kier molecular flexibility index (Phi) is 6.88. The van der Waals surface area contributed by atoms with E-state index in [9.17, 15) is 14.7 Å². The van der Waals surface area contributed by atoms with E-state index in [0.29, 0.717) is 13.0 Å². The number of aromatic hydroxyl groups is 1. The van der Waals surface area contributed by atoms with Crippen LogP contribution < -0.4 is 10.6 Å². The molecule has 1 rings (SSSR count). The summed E-state index contributed by atoms with van der Waals surface area (Å²) < 4.78 is 0. The fraction of sp³-hybridized carbons (Fsp3) is 0.500. The second-order valence-corrected chi connectivity index (χ2v) is 5.32. The SMILES string of the molecule is CCN[C@@H](Cc1ccc(O)cc1)C(=O)NCC(=O)C(C)C. The first kappa shape index (κ1) is 17.2. The van der Waals surface area contributed by atoms with Gasteiger partial charge in [-0.15, -0.1) is 0 Å². The van der Waals surface area contributed by atoms with E-state index in [1.54, 1.807) is 24.3 Å². The van der Waals surface area contributed by atoms with Gasteiger partial charge in [0.25, 0.3) is 0 Å². The summed E-state index contributed by atoms with van der Waals surface area (Å²) in [6.07, 6.45) is 0.510. The molecule has 0 saturated carbocycles. The third-order valence-electron chi connectivity index (χ3n) is 3.22. The normalized spacial score (nSPS) is 12.2. The Morgan fingerprint density at radius 1 is 1.19 bits per heavy atom. The molecular weight excluding hydrogens is 268 g/mol. The largest absolute Gasteiger partial charge is 0.508 e. The van der Waals surface area contributed by atoms with Gasteiger partial charge in [-0.2, -0.15) is 0 Å². The molecule has 116 valence electrons. The van der Waals surface area contributed by atoms with Crippen molar-refractivity contribution in [3.05, 3.63) is 29.8 Å². The van der Waals surface area contributed by atoms with Crippen LogP contribution >= 0.6 is 0 Å². The fourth-order valence-electron chi connectivity index (χ4n) is 1.87. The van der Waals surface area contributed by atoms with E-state index in [-0.39, 0.29) is 35.9 Å². The van der Waals surface area contributed by atoms with Gasteiger partial charge in [0.2, 0.25) is 5.91 Å². The van der Waals surface area contributed by atoms with E-state index >= 15 is 0 Å². The maximum absolute atomic E-state index is 12.2. The van der Waals surface area contributed by atoms with Gasteiger partial charge < -0.3 is 15.7 Å². The van der Waals surface area contributed by atoms with Gasteiger partial charge in [-0.25, -0.2) is 0 Å². The molecule has 0 radical (unpaired) electrons. The van der Waals surface area contributed by atoms with Gasteiger partial charge in [0.15, 0.2) is 5.78 Å². The molecule has 5 heteroatoms. The molecule has 0 heterocycles. The molecule has 21 heavy (non-hydrogen) atoms. The number of carbonyl (C=O) groups excluding carboxylic acids is 2. The van der Waals surface area contributed by atoms with E-state index in [0.717, 1.165) is 5.56 Å². The summed E-state index contributed by atoms with van der Waals surface area (Å²) in [6, 6.07) is 6.37. The number of hydrogen-bond acceptors (Lipinski definition) is 4. The zero-order valence-electron chi connectivity index (χ0n) is 12.8. The molecule has 0 bridgehead atoms. The van der Waals surface area contributed by atoms with Gasteiger partial charge in [0.1, 0.15) is 5.75 Å². The van der Waals surface area contributed by atoms with Gasteiger partial charge in [0.05, 0.1) is 12.6 Å². The Morgan fingerprint density at radius 3 is 2.33 bits per heavy atom. The lowest BCUT2D eigenvalue weighted by Gasteiger charge is -2.18. The highest BCUT2D eigenvalue weighted by molar-refractivity contribution is 5.89. The van der Waals surface area contributed by atoms with E-state index in [4.69, 9.17) is 0 Å². The molecule has 0 fully saturated rings. The molecule has 1 aromatic rings. The predicted octanol–water partition coefficient (Wildman–Crippen LogP) is 1.25. The zero-order valence-corrected chi connectivity index (χ0v) is 12.8. The molecule has 0 saturated heterocycles. The van der Waals surface area contributed by atoms with Crippen molar-refractivity contribution in [2.45, 2.75) is 33.2 Å². The van der Waals surface area contributed by atoms with E-state index in [1.165, 1.54) is 0 Å². The summed E-state index contributed by atoms with van der Waals surface area (Å²) in [5, 5.41) is 15.1. The van der Waals surface area contributed by atoms with Gasteiger partial charge >= 0.3 is 0 Å². The Bertz CT molecular complexity index is 469. The van der Waals surface area contributed by atoms with Crippen molar-refractivity contribution in [1.82, 2.24) is 10.6 Å². The zero-order chi connectivity index (χ0) is 15.8. The molecular formula is C16H24N2O3. The van der Waals surface area contributed by atoms with Gasteiger partial charge in [-0.3, -0.25) is 9.59 Å². The van der Waals surface area contributed by atoms with Crippen LogP contribution in [0.15, 0.2) is 24.3 Å². The highest BCUT2D eigenvalue weighted by Crippen LogP contribution is 2.11. The minimum Gasteiger partial charge on any atom is -0.508 e. The van der Waals surface area contributed by atoms with E-state index in [1.807, 2.05) is 20.8 Å². The number of Topliss-reactive ketones (excluding diaryl/α,β-unsaturated/α-hetero) is 1. The number of amides is 1. The van der Waals surface area contributed by atoms with Crippen LogP contribution in [0.2, 0.25) is 0 Å². The molecule has 0 aromatic heterocycles. The highest BCUT2D eigenvalue weighted by Gasteiger charge is 2.19. The monoisotopic (exact) mass is 292 g/mol. The van der Waals surface area contributed by atoms with Crippen molar-refractivity contribution in [1.29, 1.82) is 0 Å². The van der Waals surface area contributed by atoms with Crippen molar-refractivity contribution >= 4 is 11.7 Å². The second kappa shape index (κ2) is 8.42. The van der Waals surface area contributed by atoms with Crippen LogP contribution in [0.25, 0.3) is 0 Å². The third-order valence-corrected chi connectivity index (χ3v) is 3.22. The first-order valence-corrected chi connectivity index (χ1v) is 7.25. The van der Waals surface area contributed by atoms with Crippen LogP contribution in [0.1, 0.15) is 26.3 Å². The summed E-state index contributed by atoms with van der Waals surface area (Å²) in [4.78, 5) is 23.7. The fourth-order valence-corrected chi connectivity index (χ4v) is 1.87. The van der Waals surface area contributed by atoms with Crippen LogP contribution in [-0.4, -0.2) is 35.9 Å². The van der Waals surface area contributed by atoms with Crippen LogP contribution in [0.5, 0.6) is 5.75 Å². The quantitative estimate of drug-likeness (QED) is 0.674. The maximum atomic E-state index is 12.2. The molecule has 1 aromatic carbocycles. The molecule has 3 N–H and O–H groups in total. The lowest BCUT2D eigenvalue weighted by atomic mass is 10.0. The number of phenols is 1. The van der Waals surface area contributed by atoms with Crippen molar-refractivity contribution in [3.8, 4) is 5.75 Å². The van der Waals surface area contributed by atoms with Gasteiger partial charge in [-0.1, -0.05) is 32.9 Å². The first-order chi connectivity index (χ1) is 9.93. The van der Waals surface area contributed by atoms with Crippen molar-refractivity contribution < 1.29 is 14.7 Å². The van der Waals surface area contributed by atoms with Crippen LogP contribution in [0.4, 0.5) is 0 Å². The molecule has 0 spiro atoms. The molecule has 5 nitrogen and oxygen atoms in total. The summed E-state index contributed by atoms with van der Waals surface area (Å²) >= 11 is 0. The summed E-state index contributed by atoms with van der Waals surface area (Å²) in [5.74, 6) is -0.0483. The minimum absolute atomic E-state index is 0.0169. The number of hydrogen-bond donors (Lipinski definition) is 3. The van der Waals surface area contributed by atoms with Crippen molar-refractivity contribution in [2.24, 2.45) is 5.92 Å². The lowest BCUT2D eigenvalue weighted by molar-refractivity contribution is -0.127. The Labute approximate surface area is 125 Å². The minimum atomic E-state index is -0.389. The van der Waals surface area contributed by atoms with Crippen LogP contribution in [-0.2, 0) is 16.0 Å². The van der Waals surface area contributed by atoms with Crippen LogP contribution in [0.3, 0.4) is 0 Å². The first-order valence-electron chi connectivity index (χ1n) is 7.25.